The van der Waals surface area contributed by atoms with E-state index in [1.807, 2.05) is 31.6 Å². The van der Waals surface area contributed by atoms with E-state index < -0.39 is 0 Å². The molecule has 0 saturated carbocycles. The number of rotatable bonds is 4. The monoisotopic (exact) mass is 269 g/mol. The summed E-state index contributed by atoms with van der Waals surface area (Å²) < 4.78 is 0. The minimum absolute atomic E-state index is 0.392. The number of hydrogen-bond acceptors (Lipinski definition) is 5. The molecule has 1 aliphatic rings. The van der Waals surface area contributed by atoms with Gasteiger partial charge in [-0.2, -0.15) is 0 Å². The van der Waals surface area contributed by atoms with Crippen LogP contribution in [-0.2, 0) is 6.54 Å². The van der Waals surface area contributed by atoms with Crippen LogP contribution in [0.4, 0.5) is 5.82 Å². The number of aromatic nitrogens is 3. The van der Waals surface area contributed by atoms with Crippen molar-refractivity contribution in [1.82, 2.24) is 19.9 Å². The molecule has 2 aromatic heterocycles. The number of nitrogens with one attached hydrogen (secondary N) is 1. The zero-order chi connectivity index (χ0) is 13.8. The Hall–Kier alpha value is -2.01. The van der Waals surface area contributed by atoms with Crippen molar-refractivity contribution < 1.29 is 0 Å². The van der Waals surface area contributed by atoms with E-state index in [9.17, 15) is 0 Å². The molecule has 0 aliphatic carbocycles. The first-order chi connectivity index (χ1) is 9.88. The van der Waals surface area contributed by atoms with Crippen LogP contribution in [0.15, 0.2) is 36.9 Å². The second kappa shape index (κ2) is 5.96. The summed E-state index contributed by atoms with van der Waals surface area (Å²) in [5.74, 6) is 0.959. The second-order valence-corrected chi connectivity index (χ2v) is 5.02. The Balaban J connectivity index is 1.79. The molecule has 20 heavy (non-hydrogen) atoms. The molecule has 1 N–H and O–H groups in total. The maximum Gasteiger partial charge on any atom is 0.130 e. The zero-order valence-corrected chi connectivity index (χ0v) is 11.7. The largest absolute Gasteiger partial charge is 0.373 e. The second-order valence-electron chi connectivity index (χ2n) is 5.02. The normalized spacial score (nSPS) is 19.1. The van der Waals surface area contributed by atoms with E-state index in [1.54, 1.807) is 6.33 Å². The van der Waals surface area contributed by atoms with Gasteiger partial charge < -0.3 is 5.32 Å². The average molecular weight is 269 g/mol. The molecule has 0 bridgehead atoms. The van der Waals surface area contributed by atoms with Gasteiger partial charge >= 0.3 is 0 Å². The van der Waals surface area contributed by atoms with Crippen LogP contribution in [0.3, 0.4) is 0 Å². The lowest BCUT2D eigenvalue weighted by Crippen LogP contribution is -2.24. The third kappa shape index (κ3) is 2.63. The van der Waals surface area contributed by atoms with Crippen molar-refractivity contribution in [3.8, 4) is 0 Å². The Morgan fingerprint density at radius 1 is 1.30 bits per heavy atom. The molecular weight excluding hydrogens is 250 g/mol. The van der Waals surface area contributed by atoms with Crippen molar-refractivity contribution in [3.05, 3.63) is 48.2 Å². The van der Waals surface area contributed by atoms with Crippen molar-refractivity contribution in [1.29, 1.82) is 0 Å². The summed E-state index contributed by atoms with van der Waals surface area (Å²) in [4.78, 5) is 15.3. The van der Waals surface area contributed by atoms with Crippen LogP contribution >= 0.6 is 0 Å². The first kappa shape index (κ1) is 13.0. The summed E-state index contributed by atoms with van der Waals surface area (Å²) in [6, 6.07) is 6.54. The quantitative estimate of drug-likeness (QED) is 0.922. The summed E-state index contributed by atoms with van der Waals surface area (Å²) in [5, 5.41) is 3.16. The molecule has 1 fully saturated rings. The maximum atomic E-state index is 4.41. The number of pyridine rings is 1. The van der Waals surface area contributed by atoms with Gasteiger partial charge in [-0.05, 0) is 31.5 Å². The fourth-order valence-electron chi connectivity index (χ4n) is 2.86. The summed E-state index contributed by atoms with van der Waals surface area (Å²) in [5.41, 5.74) is 2.35. The standard InChI is InChI=1S/C15H19N5/c1-16-15-12(4-2-7-18-15)10-20-9-3-5-14(20)13-6-8-17-11-19-13/h2,4,6-8,11,14H,3,5,9-10H2,1H3,(H,16,18)/t14-/m1/s1. The fourth-order valence-corrected chi connectivity index (χ4v) is 2.86. The lowest BCUT2D eigenvalue weighted by molar-refractivity contribution is 0.244. The van der Waals surface area contributed by atoms with Crippen LogP contribution in [0.25, 0.3) is 0 Å². The fraction of sp³-hybridized carbons (Fsp3) is 0.400. The van der Waals surface area contributed by atoms with Crippen LogP contribution in [0, 0.1) is 0 Å². The highest BCUT2D eigenvalue weighted by molar-refractivity contribution is 5.42. The highest BCUT2D eigenvalue weighted by Gasteiger charge is 2.27. The Bertz CT molecular complexity index is 557. The molecule has 0 spiro atoms. The molecule has 3 rings (SSSR count). The molecule has 0 radical (unpaired) electrons. The molecule has 5 heteroatoms. The van der Waals surface area contributed by atoms with Gasteiger partial charge in [-0.25, -0.2) is 15.0 Å². The first-order valence-electron chi connectivity index (χ1n) is 7.00. The number of anilines is 1. The van der Waals surface area contributed by atoms with E-state index in [-0.39, 0.29) is 0 Å². The first-order valence-corrected chi connectivity index (χ1v) is 7.00. The van der Waals surface area contributed by atoms with Crippen LogP contribution in [0.2, 0.25) is 0 Å². The van der Waals surface area contributed by atoms with Gasteiger partial charge in [0.25, 0.3) is 0 Å². The third-order valence-corrected chi connectivity index (χ3v) is 3.81. The van der Waals surface area contributed by atoms with E-state index in [0.29, 0.717) is 6.04 Å². The van der Waals surface area contributed by atoms with Crippen molar-refractivity contribution in [2.45, 2.75) is 25.4 Å². The number of nitrogens with zero attached hydrogens (tertiary/aromatic N) is 4. The van der Waals surface area contributed by atoms with Crippen molar-refractivity contribution >= 4 is 5.82 Å². The molecule has 1 atom stereocenters. The summed E-state index contributed by atoms with van der Waals surface area (Å²) >= 11 is 0. The molecule has 5 nitrogen and oxygen atoms in total. The number of likely N-dealkylation sites (tertiary alicyclic amines) is 1. The predicted molar refractivity (Wildman–Crippen MR) is 78.2 cm³/mol. The smallest absolute Gasteiger partial charge is 0.130 e. The highest BCUT2D eigenvalue weighted by Crippen LogP contribution is 2.32. The minimum Gasteiger partial charge on any atom is -0.373 e. The van der Waals surface area contributed by atoms with E-state index in [2.05, 4.69) is 31.2 Å². The van der Waals surface area contributed by atoms with Gasteiger partial charge in [0.1, 0.15) is 12.1 Å². The van der Waals surface area contributed by atoms with E-state index >= 15 is 0 Å². The van der Waals surface area contributed by atoms with Crippen LogP contribution in [-0.4, -0.2) is 33.4 Å². The molecule has 3 heterocycles. The van der Waals surface area contributed by atoms with E-state index in [4.69, 9.17) is 0 Å². The minimum atomic E-state index is 0.392. The van der Waals surface area contributed by atoms with Crippen molar-refractivity contribution in [2.24, 2.45) is 0 Å². The summed E-state index contributed by atoms with van der Waals surface area (Å²) in [7, 11) is 1.91. The molecule has 0 amide bonds. The predicted octanol–water partition coefficient (Wildman–Crippen LogP) is 2.25. The van der Waals surface area contributed by atoms with Gasteiger partial charge in [-0.15, -0.1) is 0 Å². The van der Waals surface area contributed by atoms with Gasteiger partial charge in [-0.1, -0.05) is 6.07 Å². The average Bonchev–Trinajstić information content (AvgIpc) is 2.97. The van der Waals surface area contributed by atoms with Crippen LogP contribution in [0.1, 0.15) is 30.1 Å². The lowest BCUT2D eigenvalue weighted by Gasteiger charge is -2.24. The number of hydrogen-bond donors (Lipinski definition) is 1. The van der Waals surface area contributed by atoms with Crippen LogP contribution < -0.4 is 5.32 Å². The summed E-state index contributed by atoms with van der Waals surface area (Å²) in [6.07, 6.45) is 7.65. The van der Waals surface area contributed by atoms with Gasteiger partial charge in [0.2, 0.25) is 0 Å². The molecule has 1 saturated heterocycles. The summed E-state index contributed by atoms with van der Waals surface area (Å²) in [6.45, 7) is 2.01. The van der Waals surface area contributed by atoms with Crippen LogP contribution in [0.5, 0.6) is 0 Å². The van der Waals surface area contributed by atoms with Gasteiger partial charge in [0.05, 0.1) is 11.7 Å². The van der Waals surface area contributed by atoms with Gasteiger partial charge in [0.15, 0.2) is 0 Å². The highest BCUT2D eigenvalue weighted by atomic mass is 15.2. The molecule has 2 aromatic rings. The van der Waals surface area contributed by atoms with E-state index in [0.717, 1.165) is 31.0 Å². The Labute approximate surface area is 119 Å². The van der Waals surface area contributed by atoms with Gasteiger partial charge in [0, 0.05) is 31.5 Å². The molecule has 0 aromatic carbocycles. The Kier molecular flexibility index (Phi) is 3.87. The van der Waals surface area contributed by atoms with E-state index in [1.165, 1.54) is 12.0 Å². The topological polar surface area (TPSA) is 53.9 Å². The lowest BCUT2D eigenvalue weighted by atomic mass is 10.1. The third-order valence-electron chi connectivity index (χ3n) is 3.81. The van der Waals surface area contributed by atoms with Gasteiger partial charge in [-0.3, -0.25) is 4.90 Å². The molecule has 0 unspecified atom stereocenters. The molecular formula is C15H19N5. The maximum absolute atomic E-state index is 4.41. The van der Waals surface area contributed by atoms with Crippen molar-refractivity contribution in [3.63, 3.8) is 0 Å². The molecule has 1 aliphatic heterocycles. The molecule has 104 valence electrons. The zero-order valence-electron chi connectivity index (χ0n) is 11.7. The van der Waals surface area contributed by atoms with Crippen molar-refractivity contribution in [2.75, 3.05) is 18.9 Å². The Morgan fingerprint density at radius 2 is 2.25 bits per heavy atom. The Morgan fingerprint density at radius 3 is 3.05 bits per heavy atom. The SMILES string of the molecule is CNc1ncccc1CN1CCC[C@@H]1c1ccncn1.